The number of rotatable bonds is 5. The molecular weight excluding hydrogens is 264 g/mol. The third kappa shape index (κ3) is 4.94. The fourth-order valence-electron chi connectivity index (χ4n) is 4.08. The first-order valence-electron chi connectivity index (χ1n) is 8.81. The van der Waals surface area contributed by atoms with Crippen LogP contribution in [0.25, 0.3) is 0 Å². The summed E-state index contributed by atoms with van der Waals surface area (Å²) < 4.78 is 5.80. The van der Waals surface area contributed by atoms with Crippen molar-refractivity contribution in [1.82, 2.24) is 0 Å². The molecule has 4 atom stereocenters. The zero-order chi connectivity index (χ0) is 16.1. The molecule has 126 valence electrons. The van der Waals surface area contributed by atoms with Gasteiger partial charge in [-0.15, -0.1) is 0 Å². The first-order valence-corrected chi connectivity index (χ1v) is 8.81. The van der Waals surface area contributed by atoms with Gasteiger partial charge in [-0.1, -0.05) is 27.2 Å². The van der Waals surface area contributed by atoms with E-state index in [4.69, 9.17) is 4.74 Å². The van der Waals surface area contributed by atoms with E-state index in [2.05, 4.69) is 6.92 Å². The normalized spacial score (nSPS) is 35.9. The van der Waals surface area contributed by atoms with Crippen LogP contribution >= 0.6 is 0 Å². The van der Waals surface area contributed by atoms with Crippen LogP contribution in [0, 0.1) is 17.3 Å². The third-order valence-corrected chi connectivity index (χ3v) is 5.46. The number of aliphatic hydroxyl groups is 2. The number of fused-ring (bicyclic) bond motifs is 1. The lowest BCUT2D eigenvalue weighted by molar-refractivity contribution is -0.0428. The summed E-state index contributed by atoms with van der Waals surface area (Å²) >= 11 is 0. The molecule has 0 spiro atoms. The molecule has 2 aliphatic rings. The van der Waals surface area contributed by atoms with E-state index < -0.39 is 5.60 Å². The van der Waals surface area contributed by atoms with E-state index >= 15 is 0 Å². The van der Waals surface area contributed by atoms with Crippen LogP contribution in [-0.4, -0.2) is 35.1 Å². The van der Waals surface area contributed by atoms with Gasteiger partial charge in [-0.05, 0) is 63.2 Å². The molecule has 2 N–H and O–H groups in total. The number of hydrogen-bond acceptors (Lipinski definition) is 3. The first-order chi connectivity index (χ1) is 9.83. The Kier molecular flexibility index (Phi) is 7.15. The van der Waals surface area contributed by atoms with Gasteiger partial charge in [0, 0.05) is 13.2 Å². The zero-order valence-electron chi connectivity index (χ0n) is 14.7. The highest BCUT2D eigenvalue weighted by Gasteiger charge is 2.50. The van der Waals surface area contributed by atoms with Gasteiger partial charge in [0.25, 0.3) is 0 Å². The van der Waals surface area contributed by atoms with Gasteiger partial charge in [0.05, 0.1) is 11.7 Å². The van der Waals surface area contributed by atoms with Crippen molar-refractivity contribution in [2.75, 3.05) is 13.2 Å². The maximum absolute atomic E-state index is 10.2. The zero-order valence-corrected chi connectivity index (χ0v) is 14.7. The van der Waals surface area contributed by atoms with E-state index in [0.29, 0.717) is 24.9 Å². The lowest BCUT2D eigenvalue weighted by Crippen LogP contribution is -2.41. The van der Waals surface area contributed by atoms with E-state index in [1.807, 2.05) is 27.7 Å². The molecule has 2 rings (SSSR count). The van der Waals surface area contributed by atoms with Crippen LogP contribution in [0.15, 0.2) is 0 Å². The highest BCUT2D eigenvalue weighted by atomic mass is 16.5. The summed E-state index contributed by atoms with van der Waals surface area (Å²) in [6.45, 7) is 11.4. The molecule has 0 aromatic rings. The molecule has 3 nitrogen and oxygen atoms in total. The molecule has 0 amide bonds. The van der Waals surface area contributed by atoms with E-state index in [-0.39, 0.29) is 11.5 Å². The van der Waals surface area contributed by atoms with Crippen LogP contribution in [0.1, 0.15) is 73.1 Å². The smallest absolute Gasteiger partial charge is 0.0613 e. The Bertz CT molecular complexity index is 297. The van der Waals surface area contributed by atoms with Crippen molar-refractivity contribution in [2.45, 2.75) is 84.8 Å². The van der Waals surface area contributed by atoms with E-state index in [0.717, 1.165) is 25.9 Å². The molecule has 2 fully saturated rings. The summed E-state index contributed by atoms with van der Waals surface area (Å²) in [6.07, 6.45) is 6.27. The number of aliphatic hydroxyl groups excluding tert-OH is 1. The minimum Gasteiger partial charge on any atom is -0.393 e. The molecule has 0 bridgehead atoms. The van der Waals surface area contributed by atoms with Crippen molar-refractivity contribution in [3.05, 3.63) is 0 Å². The summed E-state index contributed by atoms with van der Waals surface area (Å²) in [5.41, 5.74) is -0.366. The second kappa shape index (κ2) is 7.94. The van der Waals surface area contributed by atoms with Crippen LogP contribution in [-0.2, 0) is 4.74 Å². The molecule has 0 aliphatic heterocycles. The fraction of sp³-hybridized carbons (Fsp3) is 1.00. The Hall–Kier alpha value is -0.120. The molecule has 0 radical (unpaired) electrons. The SMILES string of the molecule is CC.CC(C)(O)CCOC[C@H]1CCC2C(O)CCCC21C. The van der Waals surface area contributed by atoms with Crippen molar-refractivity contribution in [3.8, 4) is 0 Å². The van der Waals surface area contributed by atoms with E-state index in [1.165, 1.54) is 12.8 Å². The van der Waals surface area contributed by atoms with Crippen molar-refractivity contribution < 1.29 is 14.9 Å². The number of ether oxygens (including phenoxy) is 1. The molecule has 2 aliphatic carbocycles. The Morgan fingerprint density at radius 1 is 1.19 bits per heavy atom. The van der Waals surface area contributed by atoms with Crippen LogP contribution in [0.3, 0.4) is 0 Å². The average molecular weight is 300 g/mol. The van der Waals surface area contributed by atoms with Crippen LogP contribution in [0.5, 0.6) is 0 Å². The predicted octanol–water partition coefficient (Wildman–Crippen LogP) is 3.77. The summed E-state index contributed by atoms with van der Waals surface area (Å²) in [4.78, 5) is 0. The third-order valence-electron chi connectivity index (χ3n) is 5.46. The van der Waals surface area contributed by atoms with E-state index in [9.17, 15) is 10.2 Å². The van der Waals surface area contributed by atoms with Crippen LogP contribution in [0.4, 0.5) is 0 Å². The minimum atomic E-state index is -0.636. The predicted molar refractivity (Wildman–Crippen MR) is 87.3 cm³/mol. The topological polar surface area (TPSA) is 49.7 Å². The number of hydrogen-bond donors (Lipinski definition) is 2. The highest BCUT2D eigenvalue weighted by Crippen LogP contribution is 2.55. The minimum absolute atomic E-state index is 0.0971. The Morgan fingerprint density at radius 2 is 1.86 bits per heavy atom. The maximum Gasteiger partial charge on any atom is 0.0613 e. The lowest BCUT2D eigenvalue weighted by atomic mass is 9.64. The second-order valence-electron chi connectivity index (χ2n) is 7.48. The van der Waals surface area contributed by atoms with Gasteiger partial charge in [0.2, 0.25) is 0 Å². The Labute approximate surface area is 131 Å². The van der Waals surface area contributed by atoms with E-state index in [1.54, 1.807) is 0 Å². The van der Waals surface area contributed by atoms with Crippen molar-refractivity contribution in [1.29, 1.82) is 0 Å². The van der Waals surface area contributed by atoms with Gasteiger partial charge < -0.3 is 14.9 Å². The van der Waals surface area contributed by atoms with Crippen LogP contribution in [0.2, 0.25) is 0 Å². The second-order valence-corrected chi connectivity index (χ2v) is 7.48. The summed E-state index contributed by atoms with van der Waals surface area (Å²) in [6, 6.07) is 0. The molecule has 3 unspecified atom stereocenters. The molecule has 0 aromatic heterocycles. The molecule has 21 heavy (non-hydrogen) atoms. The molecule has 0 aromatic carbocycles. The molecule has 2 saturated carbocycles. The largest absolute Gasteiger partial charge is 0.393 e. The van der Waals surface area contributed by atoms with Gasteiger partial charge in [0.1, 0.15) is 0 Å². The highest BCUT2D eigenvalue weighted by molar-refractivity contribution is 5.00. The van der Waals surface area contributed by atoms with Crippen molar-refractivity contribution in [3.63, 3.8) is 0 Å². The Morgan fingerprint density at radius 3 is 2.48 bits per heavy atom. The molecular formula is C18H36O3. The van der Waals surface area contributed by atoms with Gasteiger partial charge >= 0.3 is 0 Å². The Balaban J connectivity index is 0.00000106. The van der Waals surface area contributed by atoms with Crippen molar-refractivity contribution in [2.24, 2.45) is 17.3 Å². The fourth-order valence-corrected chi connectivity index (χ4v) is 4.08. The first kappa shape index (κ1) is 18.9. The average Bonchev–Trinajstić information content (AvgIpc) is 2.74. The summed E-state index contributed by atoms with van der Waals surface area (Å²) in [5, 5.41) is 19.8. The van der Waals surface area contributed by atoms with Crippen molar-refractivity contribution >= 4 is 0 Å². The lowest BCUT2D eigenvalue weighted by Gasteiger charge is -2.43. The monoisotopic (exact) mass is 300 g/mol. The molecule has 0 saturated heterocycles. The van der Waals surface area contributed by atoms with Gasteiger partial charge in [-0.3, -0.25) is 0 Å². The van der Waals surface area contributed by atoms with Gasteiger partial charge in [-0.25, -0.2) is 0 Å². The molecule has 3 heteroatoms. The summed E-state index contributed by atoms with van der Waals surface area (Å²) in [5.74, 6) is 1.05. The quantitative estimate of drug-likeness (QED) is 0.760. The van der Waals surface area contributed by atoms with Gasteiger partial charge in [0.15, 0.2) is 0 Å². The summed E-state index contributed by atoms with van der Waals surface area (Å²) in [7, 11) is 0. The van der Waals surface area contributed by atoms with Gasteiger partial charge in [-0.2, -0.15) is 0 Å². The standard InChI is InChI=1S/C16H30O3.C2H6/c1-15(2,18)9-10-19-11-12-6-7-13-14(17)5-4-8-16(12,13)3;1-2/h12-14,17-18H,4-11H2,1-3H3;1-2H3/t12-,13?,14?,16?;/m1./s1. The molecule has 0 heterocycles. The maximum atomic E-state index is 10.2. The van der Waals surface area contributed by atoms with Crippen LogP contribution < -0.4 is 0 Å².